The smallest absolute Gasteiger partial charge is 0.416 e. The number of hydrogen-bond acceptors (Lipinski definition) is 1. The Morgan fingerprint density at radius 3 is 2.13 bits per heavy atom. The number of halogens is 3. The highest BCUT2D eigenvalue weighted by Gasteiger charge is 2.29. The van der Waals surface area contributed by atoms with Gasteiger partial charge in [-0.05, 0) is 24.3 Å². The van der Waals surface area contributed by atoms with Crippen LogP contribution in [0.4, 0.5) is 13.2 Å². The van der Waals surface area contributed by atoms with Gasteiger partial charge < -0.3 is 4.42 Å². The van der Waals surface area contributed by atoms with Gasteiger partial charge in [0.1, 0.15) is 5.76 Å². The average Bonchev–Trinajstić information content (AvgIpc) is 2.69. The lowest BCUT2D eigenvalue weighted by atomic mass is 10.1. The van der Waals surface area contributed by atoms with Crippen LogP contribution in [0.2, 0.25) is 0 Å². The van der Waals surface area contributed by atoms with E-state index in [0.29, 0.717) is 11.3 Å². The van der Waals surface area contributed by atoms with Crippen LogP contribution >= 0.6 is 0 Å². The Morgan fingerprint density at radius 2 is 1.67 bits per heavy atom. The van der Waals surface area contributed by atoms with Crippen molar-refractivity contribution in [3.05, 3.63) is 48.2 Å². The minimum Gasteiger partial charge on any atom is -0.453 e. The molecule has 77 valence electrons. The van der Waals surface area contributed by atoms with Crippen molar-refractivity contribution in [2.45, 2.75) is 6.18 Å². The molecule has 1 heterocycles. The number of rotatable bonds is 1. The Hall–Kier alpha value is -1.71. The summed E-state index contributed by atoms with van der Waals surface area (Å²) in [6.45, 7) is 0. The summed E-state index contributed by atoms with van der Waals surface area (Å²) in [7, 11) is 0. The van der Waals surface area contributed by atoms with E-state index < -0.39 is 11.7 Å². The molecule has 0 saturated carbocycles. The predicted octanol–water partition coefficient (Wildman–Crippen LogP) is 3.77. The lowest BCUT2D eigenvalue weighted by Crippen LogP contribution is -2.03. The summed E-state index contributed by atoms with van der Waals surface area (Å²) in [5.74, 6) is 0.503. The van der Waals surface area contributed by atoms with Gasteiger partial charge in [0.25, 0.3) is 0 Å². The first-order valence-electron chi connectivity index (χ1n) is 4.21. The fraction of sp³-hybridized carbons (Fsp3) is 0.0909. The number of benzene rings is 1. The summed E-state index contributed by atoms with van der Waals surface area (Å²) in [5, 5.41) is 0. The second-order valence-corrected chi connectivity index (χ2v) is 2.99. The summed E-state index contributed by atoms with van der Waals surface area (Å²) in [5.41, 5.74) is -0.0639. The van der Waals surface area contributed by atoms with Crippen molar-refractivity contribution in [3.8, 4) is 11.3 Å². The van der Waals surface area contributed by atoms with E-state index in [2.05, 4.69) is 6.26 Å². The van der Waals surface area contributed by atoms with E-state index in [-0.39, 0.29) is 0 Å². The molecule has 4 heteroatoms. The van der Waals surface area contributed by atoms with Gasteiger partial charge in [-0.3, -0.25) is 0 Å². The van der Waals surface area contributed by atoms with Gasteiger partial charge >= 0.3 is 6.18 Å². The molecule has 0 saturated heterocycles. The molecule has 15 heavy (non-hydrogen) atoms. The van der Waals surface area contributed by atoms with Crippen LogP contribution in [0.5, 0.6) is 0 Å². The Morgan fingerprint density at radius 1 is 1.00 bits per heavy atom. The molecule has 0 fully saturated rings. The third-order valence-electron chi connectivity index (χ3n) is 1.97. The zero-order valence-corrected chi connectivity index (χ0v) is 7.51. The van der Waals surface area contributed by atoms with E-state index in [1.165, 1.54) is 12.1 Å². The van der Waals surface area contributed by atoms with Gasteiger partial charge in [0.2, 0.25) is 0 Å². The minimum atomic E-state index is -4.30. The van der Waals surface area contributed by atoms with Crippen molar-refractivity contribution in [2.75, 3.05) is 0 Å². The molecule has 2 aromatic rings. The zero-order valence-electron chi connectivity index (χ0n) is 7.51. The fourth-order valence-electron chi connectivity index (χ4n) is 1.22. The molecular weight excluding hydrogens is 205 g/mol. The van der Waals surface area contributed by atoms with Crippen LogP contribution in [0.25, 0.3) is 11.3 Å². The van der Waals surface area contributed by atoms with Crippen molar-refractivity contribution in [1.29, 1.82) is 0 Å². The molecule has 1 nitrogen and oxygen atoms in total. The number of alkyl halides is 3. The normalized spacial score (nSPS) is 11.7. The van der Waals surface area contributed by atoms with Crippen molar-refractivity contribution in [3.63, 3.8) is 0 Å². The highest BCUT2D eigenvalue weighted by atomic mass is 19.4. The van der Waals surface area contributed by atoms with E-state index in [9.17, 15) is 13.2 Å². The third kappa shape index (κ3) is 2.03. The van der Waals surface area contributed by atoms with E-state index >= 15 is 0 Å². The van der Waals surface area contributed by atoms with Gasteiger partial charge in [-0.25, -0.2) is 0 Å². The first kappa shape index (κ1) is 9.83. The monoisotopic (exact) mass is 211 g/mol. The van der Waals surface area contributed by atoms with Crippen molar-refractivity contribution >= 4 is 0 Å². The quantitative estimate of drug-likeness (QED) is 0.699. The summed E-state index contributed by atoms with van der Waals surface area (Å²) >= 11 is 0. The van der Waals surface area contributed by atoms with Gasteiger partial charge in [0, 0.05) is 5.56 Å². The molecule has 0 aliphatic carbocycles. The van der Waals surface area contributed by atoms with Gasteiger partial charge in [0.15, 0.2) is 6.26 Å². The van der Waals surface area contributed by atoms with Crippen LogP contribution in [0.15, 0.2) is 40.8 Å². The van der Waals surface area contributed by atoms with E-state index in [1.54, 1.807) is 12.1 Å². The standard InChI is InChI=1S/C11H6F3O/c12-11(13,14)9-5-3-8(4-6-9)10-2-1-7-15-10/h1-6H. The Balaban J connectivity index is 2.33. The first-order chi connectivity index (χ1) is 7.07. The number of furan rings is 1. The maximum absolute atomic E-state index is 12.2. The highest BCUT2D eigenvalue weighted by molar-refractivity contribution is 5.57. The molecule has 0 unspecified atom stereocenters. The van der Waals surface area contributed by atoms with Crippen LogP contribution in [0.3, 0.4) is 0 Å². The second kappa shape index (κ2) is 3.46. The maximum atomic E-state index is 12.2. The Labute approximate surface area is 84.1 Å². The zero-order chi connectivity index (χ0) is 10.9. The lowest BCUT2D eigenvalue weighted by Gasteiger charge is -2.06. The Kier molecular flexibility index (Phi) is 2.26. The molecule has 1 aromatic heterocycles. The lowest BCUT2D eigenvalue weighted by molar-refractivity contribution is -0.137. The highest BCUT2D eigenvalue weighted by Crippen LogP contribution is 2.30. The molecule has 0 bridgehead atoms. The summed E-state index contributed by atoms with van der Waals surface area (Å²) in [4.78, 5) is 0. The summed E-state index contributed by atoms with van der Waals surface area (Å²) < 4.78 is 41.6. The number of hydrogen-bond donors (Lipinski definition) is 0. The molecule has 0 atom stereocenters. The van der Waals surface area contributed by atoms with Crippen molar-refractivity contribution in [2.24, 2.45) is 0 Å². The minimum absolute atomic E-state index is 0.503. The van der Waals surface area contributed by atoms with E-state index in [1.807, 2.05) is 0 Å². The third-order valence-corrected chi connectivity index (χ3v) is 1.97. The van der Waals surface area contributed by atoms with Crippen LogP contribution in [-0.2, 0) is 6.18 Å². The molecule has 0 N–H and O–H groups in total. The molecule has 0 aliphatic rings. The van der Waals surface area contributed by atoms with Crippen molar-refractivity contribution in [1.82, 2.24) is 0 Å². The van der Waals surface area contributed by atoms with Crippen LogP contribution in [0.1, 0.15) is 5.56 Å². The fourth-order valence-corrected chi connectivity index (χ4v) is 1.22. The predicted molar refractivity (Wildman–Crippen MR) is 48.0 cm³/mol. The molecule has 1 aromatic carbocycles. The Bertz CT molecular complexity index is 426. The summed E-state index contributed by atoms with van der Waals surface area (Å²) in [6, 6.07) is 8.00. The maximum Gasteiger partial charge on any atom is 0.416 e. The second-order valence-electron chi connectivity index (χ2n) is 2.99. The first-order valence-corrected chi connectivity index (χ1v) is 4.21. The van der Waals surface area contributed by atoms with Crippen LogP contribution in [0, 0.1) is 6.26 Å². The molecule has 1 radical (unpaired) electrons. The average molecular weight is 211 g/mol. The van der Waals surface area contributed by atoms with Gasteiger partial charge in [-0.15, -0.1) is 0 Å². The molecular formula is C11H6F3O. The SMILES string of the molecule is FC(F)(F)c1ccc(-c2cc[c]o2)cc1. The van der Waals surface area contributed by atoms with Crippen LogP contribution < -0.4 is 0 Å². The molecule has 0 spiro atoms. The largest absolute Gasteiger partial charge is 0.453 e. The summed E-state index contributed by atoms with van der Waals surface area (Å²) in [6.07, 6.45) is -1.82. The van der Waals surface area contributed by atoms with Crippen LogP contribution in [-0.4, -0.2) is 0 Å². The molecule has 0 aliphatic heterocycles. The molecule has 2 rings (SSSR count). The van der Waals surface area contributed by atoms with Gasteiger partial charge in [0.05, 0.1) is 5.56 Å². The van der Waals surface area contributed by atoms with Gasteiger partial charge in [-0.1, -0.05) is 12.1 Å². The topological polar surface area (TPSA) is 13.1 Å². The molecule has 0 amide bonds. The van der Waals surface area contributed by atoms with Gasteiger partial charge in [-0.2, -0.15) is 13.2 Å². The van der Waals surface area contributed by atoms with E-state index in [4.69, 9.17) is 4.42 Å². The van der Waals surface area contributed by atoms with E-state index in [0.717, 1.165) is 12.1 Å². The van der Waals surface area contributed by atoms with Crippen molar-refractivity contribution < 1.29 is 17.6 Å².